The lowest BCUT2D eigenvalue weighted by Gasteiger charge is -2.12. The van der Waals surface area contributed by atoms with Gasteiger partial charge in [0.25, 0.3) is 0 Å². The van der Waals surface area contributed by atoms with Crippen molar-refractivity contribution in [3.63, 3.8) is 0 Å². The van der Waals surface area contributed by atoms with E-state index in [1.54, 1.807) is 42.5 Å². The lowest BCUT2D eigenvalue weighted by Crippen LogP contribution is -2.07. The van der Waals surface area contributed by atoms with Crippen LogP contribution < -0.4 is 19.5 Å². The van der Waals surface area contributed by atoms with Crippen LogP contribution in [-0.4, -0.2) is 33.0 Å². The first-order valence-corrected chi connectivity index (χ1v) is 7.88. The molecule has 0 aromatic heterocycles. The van der Waals surface area contributed by atoms with Gasteiger partial charge in [-0.05, 0) is 55.0 Å². The number of hydrogen-bond acceptors (Lipinski definition) is 5. The maximum absolute atomic E-state index is 12.1. The van der Waals surface area contributed by atoms with E-state index in [2.05, 4.69) is 5.32 Å². The van der Waals surface area contributed by atoms with Gasteiger partial charge in [0.2, 0.25) is 11.7 Å². The number of carbonyl (C=O) groups excluding carboxylic acids is 2. The average Bonchev–Trinajstić information content (AvgIpc) is 2.65. The molecule has 0 heterocycles. The Morgan fingerprint density at radius 2 is 1.50 bits per heavy atom. The van der Waals surface area contributed by atoms with Gasteiger partial charge in [-0.1, -0.05) is 0 Å². The zero-order chi connectivity index (χ0) is 19.1. The molecule has 1 N–H and O–H groups in total. The Hall–Kier alpha value is -3.28. The number of Topliss-reactive ketones (excluding diaryl/α,β-unsaturated/α-hetero) is 1. The standard InChI is InChI=1S/C20H21NO5/c1-13(22)15-6-8-16(9-7-15)21-19(23)10-5-14-11-17(24-2)20(26-4)18(12-14)25-3/h5-12H,1-4H3,(H,21,23)/b10-5+. The molecule has 1 amide bonds. The number of anilines is 1. The first-order valence-electron chi connectivity index (χ1n) is 7.88. The van der Waals surface area contributed by atoms with Crippen molar-refractivity contribution in [3.05, 3.63) is 53.6 Å². The molecule has 2 aromatic carbocycles. The van der Waals surface area contributed by atoms with Gasteiger partial charge in [0.05, 0.1) is 21.3 Å². The highest BCUT2D eigenvalue weighted by atomic mass is 16.5. The van der Waals surface area contributed by atoms with Crippen LogP contribution >= 0.6 is 0 Å². The fraction of sp³-hybridized carbons (Fsp3) is 0.200. The van der Waals surface area contributed by atoms with Crippen molar-refractivity contribution in [3.8, 4) is 17.2 Å². The topological polar surface area (TPSA) is 73.9 Å². The lowest BCUT2D eigenvalue weighted by atomic mass is 10.1. The minimum atomic E-state index is -0.297. The lowest BCUT2D eigenvalue weighted by molar-refractivity contribution is -0.111. The highest BCUT2D eigenvalue weighted by molar-refractivity contribution is 6.02. The van der Waals surface area contributed by atoms with E-state index in [1.165, 1.54) is 34.3 Å². The summed E-state index contributed by atoms with van der Waals surface area (Å²) in [5.41, 5.74) is 1.92. The van der Waals surface area contributed by atoms with Crippen LogP contribution in [0.3, 0.4) is 0 Å². The maximum Gasteiger partial charge on any atom is 0.248 e. The summed E-state index contributed by atoms with van der Waals surface area (Å²) in [6.07, 6.45) is 3.04. The van der Waals surface area contributed by atoms with E-state index in [0.717, 1.165) is 5.56 Å². The molecular weight excluding hydrogens is 334 g/mol. The van der Waals surface area contributed by atoms with Gasteiger partial charge in [0, 0.05) is 17.3 Å². The molecule has 26 heavy (non-hydrogen) atoms. The summed E-state index contributed by atoms with van der Waals surface area (Å²) in [6.45, 7) is 1.49. The van der Waals surface area contributed by atoms with Gasteiger partial charge in [-0.25, -0.2) is 0 Å². The number of ether oxygens (including phenoxy) is 3. The fourth-order valence-corrected chi connectivity index (χ4v) is 2.34. The molecule has 0 atom stereocenters. The highest BCUT2D eigenvalue weighted by Crippen LogP contribution is 2.38. The molecule has 0 aliphatic rings. The van der Waals surface area contributed by atoms with E-state index in [-0.39, 0.29) is 11.7 Å². The van der Waals surface area contributed by atoms with Gasteiger partial charge in [-0.15, -0.1) is 0 Å². The Balaban J connectivity index is 2.13. The minimum Gasteiger partial charge on any atom is -0.493 e. The molecule has 2 aromatic rings. The zero-order valence-electron chi connectivity index (χ0n) is 15.2. The van der Waals surface area contributed by atoms with Crippen molar-refractivity contribution in [2.45, 2.75) is 6.92 Å². The van der Waals surface area contributed by atoms with Crippen molar-refractivity contribution in [1.29, 1.82) is 0 Å². The smallest absolute Gasteiger partial charge is 0.248 e. The van der Waals surface area contributed by atoms with Crippen LogP contribution in [0.4, 0.5) is 5.69 Å². The SMILES string of the molecule is COc1cc(/C=C/C(=O)Nc2ccc(C(C)=O)cc2)cc(OC)c1OC. The predicted molar refractivity (Wildman–Crippen MR) is 100 cm³/mol. The van der Waals surface area contributed by atoms with Crippen LogP contribution in [0, 0.1) is 0 Å². The van der Waals surface area contributed by atoms with Gasteiger partial charge in [-0.2, -0.15) is 0 Å². The predicted octanol–water partition coefficient (Wildman–Crippen LogP) is 3.57. The second kappa shape index (κ2) is 8.71. The van der Waals surface area contributed by atoms with Gasteiger partial charge >= 0.3 is 0 Å². The number of benzene rings is 2. The Morgan fingerprint density at radius 1 is 0.923 bits per heavy atom. The molecule has 2 rings (SSSR count). The van der Waals surface area contributed by atoms with Crippen LogP contribution in [0.2, 0.25) is 0 Å². The first-order chi connectivity index (χ1) is 12.5. The molecule has 0 fully saturated rings. The molecule has 0 unspecified atom stereocenters. The highest BCUT2D eigenvalue weighted by Gasteiger charge is 2.12. The van der Waals surface area contributed by atoms with Gasteiger partial charge in [0.1, 0.15) is 0 Å². The number of carbonyl (C=O) groups is 2. The quantitative estimate of drug-likeness (QED) is 0.607. The second-order valence-corrected chi connectivity index (χ2v) is 5.41. The molecule has 6 nitrogen and oxygen atoms in total. The minimum absolute atomic E-state index is 0.0230. The van der Waals surface area contributed by atoms with E-state index in [0.29, 0.717) is 28.5 Å². The van der Waals surface area contributed by atoms with Crippen molar-refractivity contribution < 1.29 is 23.8 Å². The summed E-state index contributed by atoms with van der Waals surface area (Å²) in [5, 5.41) is 2.73. The third kappa shape index (κ3) is 4.63. The fourth-order valence-electron chi connectivity index (χ4n) is 2.34. The number of amides is 1. The van der Waals surface area contributed by atoms with Gasteiger partial charge < -0.3 is 19.5 Å². The number of hydrogen-bond donors (Lipinski definition) is 1. The van der Waals surface area contributed by atoms with Crippen LogP contribution in [0.1, 0.15) is 22.8 Å². The molecule has 6 heteroatoms. The van der Waals surface area contributed by atoms with Crippen LogP contribution in [0.5, 0.6) is 17.2 Å². The molecule has 0 spiro atoms. The Bertz CT molecular complexity index is 800. The van der Waals surface area contributed by atoms with Crippen LogP contribution in [0.25, 0.3) is 6.08 Å². The number of rotatable bonds is 7. The van der Waals surface area contributed by atoms with E-state index >= 15 is 0 Å². The summed E-state index contributed by atoms with van der Waals surface area (Å²) in [4.78, 5) is 23.3. The van der Waals surface area contributed by atoms with E-state index < -0.39 is 0 Å². The van der Waals surface area contributed by atoms with Crippen molar-refractivity contribution in [2.24, 2.45) is 0 Å². The number of ketones is 1. The monoisotopic (exact) mass is 355 g/mol. The Labute approximate surface area is 152 Å². The molecule has 0 aliphatic heterocycles. The van der Waals surface area contributed by atoms with E-state index in [1.807, 2.05) is 0 Å². The Kier molecular flexibility index (Phi) is 6.38. The summed E-state index contributed by atoms with van der Waals surface area (Å²) in [7, 11) is 4.59. The van der Waals surface area contributed by atoms with Gasteiger partial charge in [-0.3, -0.25) is 9.59 Å². The zero-order valence-corrected chi connectivity index (χ0v) is 15.2. The van der Waals surface area contributed by atoms with E-state index in [9.17, 15) is 9.59 Å². The number of methoxy groups -OCH3 is 3. The molecule has 0 saturated carbocycles. The van der Waals surface area contributed by atoms with Crippen molar-refractivity contribution in [1.82, 2.24) is 0 Å². The van der Waals surface area contributed by atoms with Crippen molar-refractivity contribution in [2.75, 3.05) is 26.6 Å². The average molecular weight is 355 g/mol. The number of nitrogens with one attached hydrogen (secondary N) is 1. The summed E-state index contributed by atoms with van der Waals surface area (Å²) in [5.74, 6) is 1.18. The normalized spacial score (nSPS) is 10.5. The third-order valence-electron chi connectivity index (χ3n) is 3.67. The van der Waals surface area contributed by atoms with E-state index in [4.69, 9.17) is 14.2 Å². The molecule has 0 saturated heterocycles. The maximum atomic E-state index is 12.1. The molecule has 136 valence electrons. The summed E-state index contributed by atoms with van der Waals surface area (Å²) in [6, 6.07) is 10.2. The third-order valence-corrected chi connectivity index (χ3v) is 3.67. The molecule has 0 radical (unpaired) electrons. The molecular formula is C20H21NO5. The summed E-state index contributed by atoms with van der Waals surface area (Å²) >= 11 is 0. The molecule has 0 bridgehead atoms. The Morgan fingerprint density at radius 3 is 1.96 bits per heavy atom. The van der Waals surface area contributed by atoms with Crippen molar-refractivity contribution >= 4 is 23.5 Å². The largest absolute Gasteiger partial charge is 0.493 e. The van der Waals surface area contributed by atoms with Crippen LogP contribution in [0.15, 0.2) is 42.5 Å². The molecule has 0 aliphatic carbocycles. The van der Waals surface area contributed by atoms with Crippen LogP contribution in [-0.2, 0) is 4.79 Å². The first kappa shape index (κ1) is 19.1. The van der Waals surface area contributed by atoms with Gasteiger partial charge in [0.15, 0.2) is 17.3 Å². The second-order valence-electron chi connectivity index (χ2n) is 5.41. The summed E-state index contributed by atoms with van der Waals surface area (Å²) < 4.78 is 15.8.